The molecule has 1 saturated heterocycles. The van der Waals surface area contributed by atoms with Gasteiger partial charge in [-0.25, -0.2) is 13.5 Å². The lowest BCUT2D eigenvalue weighted by Crippen LogP contribution is -2.27. The molecule has 0 atom stereocenters. The van der Waals surface area contributed by atoms with Gasteiger partial charge in [-0.05, 0) is 55.8 Å². The Balaban J connectivity index is 1.25. The average Bonchev–Trinajstić information content (AvgIpc) is 3.45. The first-order valence-corrected chi connectivity index (χ1v) is 11.7. The molecule has 1 aliphatic heterocycles. The fourth-order valence-corrected chi connectivity index (χ4v) is 4.72. The second-order valence-electron chi connectivity index (χ2n) is 9.34. The summed E-state index contributed by atoms with van der Waals surface area (Å²) in [4.78, 5) is 11.2. The highest BCUT2D eigenvalue weighted by atomic mass is 19.3. The predicted molar refractivity (Wildman–Crippen MR) is 122 cm³/mol. The van der Waals surface area contributed by atoms with Crippen molar-refractivity contribution in [3.63, 3.8) is 0 Å². The van der Waals surface area contributed by atoms with E-state index in [-0.39, 0.29) is 24.8 Å². The maximum absolute atomic E-state index is 13.4. The van der Waals surface area contributed by atoms with Crippen LogP contribution in [0.25, 0.3) is 11.0 Å². The van der Waals surface area contributed by atoms with Gasteiger partial charge in [0.25, 0.3) is 0 Å². The highest BCUT2D eigenvalue weighted by molar-refractivity contribution is 5.85. The molecule has 2 aromatic heterocycles. The fourth-order valence-electron chi connectivity index (χ4n) is 4.72. The molecule has 9 heteroatoms. The number of benzene rings is 1. The topological polar surface area (TPSA) is 82.1 Å². The second-order valence-corrected chi connectivity index (χ2v) is 9.34. The van der Waals surface area contributed by atoms with Crippen LogP contribution in [0.2, 0.25) is 0 Å². The number of nitrogen functional groups attached to an aromatic ring is 1. The maximum atomic E-state index is 13.4. The quantitative estimate of drug-likeness (QED) is 0.572. The number of rotatable bonds is 7. The van der Waals surface area contributed by atoms with E-state index in [0.717, 1.165) is 12.1 Å². The molecule has 0 bridgehead atoms. The molecule has 5 rings (SSSR count). The molecular formula is C24H30F2N6O. The lowest BCUT2D eigenvalue weighted by atomic mass is 9.87. The van der Waals surface area contributed by atoms with Gasteiger partial charge in [0.1, 0.15) is 5.82 Å². The van der Waals surface area contributed by atoms with Gasteiger partial charge in [0, 0.05) is 19.4 Å². The molecule has 3 heterocycles. The molecule has 7 nitrogen and oxygen atoms in total. The molecule has 3 aromatic rings. The number of fused-ring (bicyclic) bond motifs is 1. The van der Waals surface area contributed by atoms with E-state index < -0.39 is 5.92 Å². The Morgan fingerprint density at radius 3 is 2.36 bits per heavy atom. The van der Waals surface area contributed by atoms with Gasteiger partial charge in [-0.3, -0.25) is 4.90 Å². The highest BCUT2D eigenvalue weighted by Crippen LogP contribution is 2.36. The molecule has 0 radical (unpaired) electrons. The summed E-state index contributed by atoms with van der Waals surface area (Å²) in [5.41, 5.74) is 9.15. The summed E-state index contributed by atoms with van der Waals surface area (Å²) in [7, 11) is 0. The van der Waals surface area contributed by atoms with Crippen molar-refractivity contribution in [3.8, 4) is 6.01 Å². The molecule has 176 valence electrons. The number of nitrogens with zero attached hydrogens (tertiary/aromatic N) is 5. The van der Waals surface area contributed by atoms with Crippen LogP contribution in [0.4, 0.5) is 14.6 Å². The van der Waals surface area contributed by atoms with Crippen LogP contribution < -0.4 is 10.5 Å². The van der Waals surface area contributed by atoms with Gasteiger partial charge < -0.3 is 10.5 Å². The van der Waals surface area contributed by atoms with Crippen molar-refractivity contribution < 1.29 is 13.5 Å². The van der Waals surface area contributed by atoms with Crippen molar-refractivity contribution in [2.75, 3.05) is 25.4 Å². The maximum Gasteiger partial charge on any atom is 0.320 e. The van der Waals surface area contributed by atoms with E-state index >= 15 is 0 Å². The molecule has 1 saturated carbocycles. The van der Waals surface area contributed by atoms with E-state index in [9.17, 15) is 8.78 Å². The van der Waals surface area contributed by atoms with E-state index in [2.05, 4.69) is 44.2 Å². The van der Waals surface area contributed by atoms with Crippen molar-refractivity contribution in [2.24, 2.45) is 5.92 Å². The average molecular weight is 457 g/mol. The Hall–Kier alpha value is -2.81. The SMILES string of the molecule is Nc1nc(OCC2CCC(F)(F)CC2)nc2c1cnn2Cc1ccc(CN2CCCC2)cc1. The number of nitrogens with two attached hydrogens (primary N) is 1. The second kappa shape index (κ2) is 9.21. The molecule has 2 aliphatic rings. The van der Waals surface area contributed by atoms with Gasteiger partial charge in [-0.15, -0.1) is 0 Å². The van der Waals surface area contributed by atoms with Gasteiger partial charge in [-0.2, -0.15) is 15.1 Å². The summed E-state index contributed by atoms with van der Waals surface area (Å²) in [6.45, 7) is 4.22. The van der Waals surface area contributed by atoms with Crippen molar-refractivity contribution >= 4 is 16.9 Å². The summed E-state index contributed by atoms with van der Waals surface area (Å²) < 4.78 is 34.3. The summed E-state index contributed by atoms with van der Waals surface area (Å²) >= 11 is 0. The van der Waals surface area contributed by atoms with Gasteiger partial charge >= 0.3 is 6.01 Å². The van der Waals surface area contributed by atoms with E-state index in [1.807, 2.05) is 0 Å². The van der Waals surface area contributed by atoms with E-state index in [1.165, 1.54) is 31.5 Å². The first-order valence-electron chi connectivity index (χ1n) is 11.7. The van der Waals surface area contributed by atoms with Crippen LogP contribution >= 0.6 is 0 Å². The van der Waals surface area contributed by atoms with Crippen molar-refractivity contribution in [1.82, 2.24) is 24.6 Å². The van der Waals surface area contributed by atoms with E-state index in [4.69, 9.17) is 10.5 Å². The standard InChI is InChI=1S/C24H30F2N6O/c25-24(26)9-7-19(8-10-24)16-33-23-29-21(27)20-13-28-32(22(20)30-23)15-18-5-3-17(4-6-18)14-31-11-1-2-12-31/h3-6,13,19H,1-2,7-12,14-16H2,(H2,27,29,30). The summed E-state index contributed by atoms with van der Waals surface area (Å²) in [5, 5.41) is 5.12. The molecule has 2 N–H and O–H groups in total. The first-order chi connectivity index (χ1) is 15.9. The Morgan fingerprint density at radius 1 is 1.00 bits per heavy atom. The van der Waals surface area contributed by atoms with Gasteiger partial charge in [-0.1, -0.05) is 24.3 Å². The van der Waals surface area contributed by atoms with Gasteiger partial charge in [0.05, 0.1) is 24.7 Å². The van der Waals surface area contributed by atoms with Crippen molar-refractivity contribution in [3.05, 3.63) is 41.6 Å². The van der Waals surface area contributed by atoms with Crippen molar-refractivity contribution in [2.45, 2.75) is 57.5 Å². The number of ether oxygens (including phenoxy) is 1. The van der Waals surface area contributed by atoms with Crippen LogP contribution in [-0.2, 0) is 13.1 Å². The zero-order valence-electron chi connectivity index (χ0n) is 18.7. The van der Waals surface area contributed by atoms with Crippen LogP contribution in [0.1, 0.15) is 49.7 Å². The first kappa shape index (κ1) is 22.0. The van der Waals surface area contributed by atoms with Crippen LogP contribution in [0.5, 0.6) is 6.01 Å². The number of aromatic nitrogens is 4. The molecule has 1 aromatic carbocycles. The number of alkyl halides is 2. The zero-order chi connectivity index (χ0) is 22.8. The number of likely N-dealkylation sites (tertiary alicyclic amines) is 1. The Kier molecular flexibility index (Phi) is 6.14. The Morgan fingerprint density at radius 2 is 1.67 bits per heavy atom. The smallest absolute Gasteiger partial charge is 0.320 e. The number of hydrogen-bond donors (Lipinski definition) is 1. The minimum atomic E-state index is -2.55. The molecule has 1 aliphatic carbocycles. The van der Waals surface area contributed by atoms with Crippen LogP contribution in [0.15, 0.2) is 30.5 Å². The molecular weight excluding hydrogens is 426 g/mol. The lowest BCUT2D eigenvalue weighted by Gasteiger charge is -2.27. The normalized spacial score (nSPS) is 19.3. The third-order valence-electron chi connectivity index (χ3n) is 6.75. The number of hydrogen-bond acceptors (Lipinski definition) is 6. The zero-order valence-corrected chi connectivity index (χ0v) is 18.7. The predicted octanol–water partition coefficient (Wildman–Crippen LogP) is 4.26. The largest absolute Gasteiger partial charge is 0.463 e. The monoisotopic (exact) mass is 456 g/mol. The number of halogens is 2. The van der Waals surface area contributed by atoms with E-state index in [0.29, 0.717) is 42.8 Å². The summed E-state index contributed by atoms with van der Waals surface area (Å²) in [6.07, 6.45) is 4.95. The van der Waals surface area contributed by atoms with Crippen LogP contribution in [0.3, 0.4) is 0 Å². The van der Waals surface area contributed by atoms with Gasteiger partial charge in [0.15, 0.2) is 5.65 Å². The third-order valence-corrected chi connectivity index (χ3v) is 6.75. The van der Waals surface area contributed by atoms with Crippen LogP contribution in [-0.4, -0.2) is 50.3 Å². The minimum absolute atomic E-state index is 0.0779. The van der Waals surface area contributed by atoms with Gasteiger partial charge in [0.2, 0.25) is 5.92 Å². The third kappa shape index (κ3) is 5.24. The van der Waals surface area contributed by atoms with E-state index in [1.54, 1.807) is 10.9 Å². The number of anilines is 1. The summed E-state index contributed by atoms with van der Waals surface area (Å²) in [6, 6.07) is 8.76. The molecule has 33 heavy (non-hydrogen) atoms. The Labute approximate surface area is 191 Å². The lowest BCUT2D eigenvalue weighted by molar-refractivity contribution is -0.0501. The Bertz CT molecular complexity index is 1080. The molecule has 0 spiro atoms. The summed E-state index contributed by atoms with van der Waals surface area (Å²) in [5.74, 6) is -2.17. The molecule has 0 amide bonds. The molecule has 2 fully saturated rings. The fraction of sp³-hybridized carbons (Fsp3) is 0.542. The van der Waals surface area contributed by atoms with Crippen molar-refractivity contribution in [1.29, 1.82) is 0 Å². The molecule has 0 unspecified atom stereocenters. The highest BCUT2D eigenvalue weighted by Gasteiger charge is 2.35. The van der Waals surface area contributed by atoms with Crippen LogP contribution in [0, 0.1) is 5.92 Å². The minimum Gasteiger partial charge on any atom is -0.463 e.